The molecular formula is C14H17F2NO4. The van der Waals surface area contributed by atoms with Gasteiger partial charge in [-0.2, -0.15) is 0 Å². The van der Waals surface area contributed by atoms with Crippen molar-refractivity contribution in [1.29, 1.82) is 0 Å². The number of hydrogen-bond donors (Lipinski definition) is 1. The Kier molecular flexibility index (Phi) is 6.08. The van der Waals surface area contributed by atoms with Crippen LogP contribution in [0, 0.1) is 11.6 Å². The molecule has 0 aliphatic rings. The van der Waals surface area contributed by atoms with Crippen LogP contribution in [0.3, 0.4) is 0 Å². The molecule has 0 heterocycles. The Hall–Kier alpha value is -2.18. The van der Waals surface area contributed by atoms with Crippen LogP contribution in [0.2, 0.25) is 0 Å². The number of carbonyl (C=O) groups is 2. The summed E-state index contributed by atoms with van der Waals surface area (Å²) in [4.78, 5) is 22.9. The second-order valence-electron chi connectivity index (χ2n) is 4.53. The van der Waals surface area contributed by atoms with Gasteiger partial charge < -0.3 is 14.8 Å². The smallest absolute Gasteiger partial charge is 0.307 e. The molecule has 0 spiro atoms. The second kappa shape index (κ2) is 7.56. The topological polar surface area (TPSA) is 64.6 Å². The molecule has 0 aliphatic carbocycles. The summed E-state index contributed by atoms with van der Waals surface area (Å²) >= 11 is 0. The van der Waals surface area contributed by atoms with Crippen molar-refractivity contribution in [2.75, 3.05) is 7.11 Å². The lowest BCUT2D eigenvalue weighted by Gasteiger charge is -2.18. The number of methoxy groups -OCH3 is 1. The third-order valence-electron chi connectivity index (χ3n) is 2.66. The Bertz CT molecular complexity index is 522. The van der Waals surface area contributed by atoms with Gasteiger partial charge in [-0.05, 0) is 26.0 Å². The Morgan fingerprint density at radius 1 is 1.24 bits per heavy atom. The molecule has 21 heavy (non-hydrogen) atoms. The molecule has 0 saturated heterocycles. The first-order valence-electron chi connectivity index (χ1n) is 6.32. The number of halogens is 2. The van der Waals surface area contributed by atoms with Crippen molar-refractivity contribution in [3.63, 3.8) is 0 Å². The minimum absolute atomic E-state index is 0.0279. The number of amides is 1. The van der Waals surface area contributed by atoms with Gasteiger partial charge in [0.25, 0.3) is 5.91 Å². The lowest BCUT2D eigenvalue weighted by atomic mass is 10.2. The van der Waals surface area contributed by atoms with Gasteiger partial charge in [-0.25, -0.2) is 8.78 Å². The van der Waals surface area contributed by atoms with E-state index in [1.54, 1.807) is 6.92 Å². The van der Waals surface area contributed by atoms with Gasteiger partial charge in [0.2, 0.25) is 0 Å². The van der Waals surface area contributed by atoms with E-state index in [0.29, 0.717) is 0 Å². The maximum Gasteiger partial charge on any atom is 0.307 e. The van der Waals surface area contributed by atoms with Crippen LogP contribution in [0.4, 0.5) is 8.78 Å². The highest BCUT2D eigenvalue weighted by atomic mass is 19.2. The van der Waals surface area contributed by atoms with Gasteiger partial charge in [0.05, 0.1) is 13.5 Å². The molecule has 2 atom stereocenters. The first kappa shape index (κ1) is 16.9. The van der Waals surface area contributed by atoms with E-state index in [9.17, 15) is 18.4 Å². The predicted molar refractivity (Wildman–Crippen MR) is 70.7 cm³/mol. The number of esters is 1. The van der Waals surface area contributed by atoms with Crippen LogP contribution in [0.25, 0.3) is 0 Å². The van der Waals surface area contributed by atoms with E-state index in [4.69, 9.17) is 4.74 Å². The minimum atomic E-state index is -1.06. The first-order valence-corrected chi connectivity index (χ1v) is 6.32. The van der Waals surface area contributed by atoms with Crippen LogP contribution in [-0.2, 0) is 14.3 Å². The highest BCUT2D eigenvalue weighted by Gasteiger charge is 2.19. The van der Waals surface area contributed by atoms with Gasteiger partial charge in [0.1, 0.15) is 5.75 Å². The molecule has 7 heteroatoms. The van der Waals surface area contributed by atoms with E-state index < -0.39 is 35.7 Å². The van der Waals surface area contributed by atoms with E-state index in [1.165, 1.54) is 20.1 Å². The Morgan fingerprint density at radius 3 is 2.48 bits per heavy atom. The quantitative estimate of drug-likeness (QED) is 0.814. The average molecular weight is 301 g/mol. The molecule has 1 aromatic carbocycles. The molecule has 0 bridgehead atoms. The van der Waals surface area contributed by atoms with Crippen LogP contribution < -0.4 is 10.1 Å². The molecule has 1 rings (SSSR count). The van der Waals surface area contributed by atoms with Crippen molar-refractivity contribution >= 4 is 11.9 Å². The maximum absolute atomic E-state index is 13.0. The highest BCUT2D eigenvalue weighted by molar-refractivity contribution is 5.81. The Morgan fingerprint density at radius 2 is 1.90 bits per heavy atom. The average Bonchev–Trinajstić information content (AvgIpc) is 2.42. The molecule has 1 aromatic rings. The largest absolute Gasteiger partial charge is 0.481 e. The van der Waals surface area contributed by atoms with Gasteiger partial charge in [0, 0.05) is 12.1 Å². The molecule has 2 unspecified atom stereocenters. The normalized spacial score (nSPS) is 13.2. The van der Waals surface area contributed by atoms with Crippen LogP contribution in [0.1, 0.15) is 20.3 Å². The zero-order chi connectivity index (χ0) is 16.0. The summed E-state index contributed by atoms with van der Waals surface area (Å²) in [6.45, 7) is 3.10. The number of carbonyl (C=O) groups excluding carboxylic acids is 2. The van der Waals surface area contributed by atoms with Crippen molar-refractivity contribution in [2.24, 2.45) is 0 Å². The van der Waals surface area contributed by atoms with Crippen LogP contribution in [0.5, 0.6) is 5.75 Å². The Balaban J connectivity index is 2.54. The molecule has 0 aromatic heterocycles. The van der Waals surface area contributed by atoms with E-state index in [0.717, 1.165) is 12.1 Å². The number of rotatable bonds is 6. The van der Waals surface area contributed by atoms with Crippen LogP contribution >= 0.6 is 0 Å². The maximum atomic E-state index is 13.0. The molecule has 1 N–H and O–H groups in total. The molecule has 5 nitrogen and oxygen atoms in total. The summed E-state index contributed by atoms with van der Waals surface area (Å²) in [6, 6.07) is 2.56. The lowest BCUT2D eigenvalue weighted by molar-refractivity contribution is -0.141. The van der Waals surface area contributed by atoms with Gasteiger partial charge >= 0.3 is 5.97 Å². The fraction of sp³-hybridized carbons (Fsp3) is 0.429. The van der Waals surface area contributed by atoms with Crippen molar-refractivity contribution < 1.29 is 27.8 Å². The summed E-state index contributed by atoms with van der Waals surface area (Å²) in [6.07, 6.45) is -0.893. The van der Waals surface area contributed by atoms with Crippen molar-refractivity contribution in [2.45, 2.75) is 32.4 Å². The lowest BCUT2D eigenvalue weighted by Crippen LogP contribution is -2.42. The second-order valence-corrected chi connectivity index (χ2v) is 4.53. The van der Waals surface area contributed by atoms with Gasteiger partial charge in [-0.3, -0.25) is 9.59 Å². The van der Waals surface area contributed by atoms with Crippen molar-refractivity contribution in [1.82, 2.24) is 5.32 Å². The van der Waals surface area contributed by atoms with Crippen LogP contribution in [-0.4, -0.2) is 31.1 Å². The molecule has 0 radical (unpaired) electrons. The SMILES string of the molecule is COC(=O)CC(C)NC(=O)C(C)Oc1ccc(F)c(F)c1. The fourth-order valence-corrected chi connectivity index (χ4v) is 1.55. The van der Waals surface area contributed by atoms with Crippen molar-refractivity contribution in [3.8, 4) is 5.75 Å². The van der Waals surface area contributed by atoms with Gasteiger partial charge in [-0.1, -0.05) is 0 Å². The number of nitrogens with one attached hydrogen (secondary N) is 1. The number of benzene rings is 1. The monoisotopic (exact) mass is 301 g/mol. The van der Waals surface area contributed by atoms with E-state index in [2.05, 4.69) is 10.1 Å². The highest BCUT2D eigenvalue weighted by Crippen LogP contribution is 2.16. The summed E-state index contributed by atoms with van der Waals surface area (Å²) in [5.74, 6) is -2.93. The predicted octanol–water partition coefficient (Wildman–Crippen LogP) is 1.80. The molecule has 0 aliphatic heterocycles. The van der Waals surface area contributed by atoms with Crippen molar-refractivity contribution in [3.05, 3.63) is 29.8 Å². The van der Waals surface area contributed by atoms with Crippen LogP contribution in [0.15, 0.2) is 18.2 Å². The molecule has 0 saturated carbocycles. The number of hydrogen-bond acceptors (Lipinski definition) is 4. The molecule has 0 fully saturated rings. The summed E-state index contributed by atoms with van der Waals surface area (Å²) in [5, 5.41) is 2.56. The zero-order valence-corrected chi connectivity index (χ0v) is 12.0. The fourth-order valence-electron chi connectivity index (χ4n) is 1.55. The summed E-state index contributed by atoms with van der Waals surface area (Å²) < 4.78 is 35.5. The summed E-state index contributed by atoms with van der Waals surface area (Å²) in [5.41, 5.74) is 0. The first-order chi connectivity index (χ1) is 9.83. The summed E-state index contributed by atoms with van der Waals surface area (Å²) in [7, 11) is 1.26. The number of ether oxygens (including phenoxy) is 2. The molecule has 116 valence electrons. The standard InChI is InChI=1S/C14H17F2NO4/c1-8(6-13(18)20-3)17-14(19)9(2)21-10-4-5-11(15)12(16)7-10/h4-5,7-9H,6H2,1-3H3,(H,17,19). The van der Waals surface area contributed by atoms with E-state index in [-0.39, 0.29) is 12.2 Å². The third kappa shape index (κ3) is 5.37. The molecule has 1 amide bonds. The van der Waals surface area contributed by atoms with Gasteiger partial charge in [0.15, 0.2) is 17.7 Å². The van der Waals surface area contributed by atoms with E-state index >= 15 is 0 Å². The minimum Gasteiger partial charge on any atom is -0.481 e. The molecular weight excluding hydrogens is 284 g/mol. The third-order valence-corrected chi connectivity index (χ3v) is 2.66. The van der Waals surface area contributed by atoms with E-state index in [1.807, 2.05) is 0 Å². The zero-order valence-electron chi connectivity index (χ0n) is 12.0. The Labute approximate surface area is 121 Å². The van der Waals surface area contributed by atoms with Gasteiger partial charge in [-0.15, -0.1) is 0 Å².